The Morgan fingerprint density at radius 1 is 1.31 bits per heavy atom. The summed E-state index contributed by atoms with van der Waals surface area (Å²) in [6.45, 7) is 4.20. The minimum atomic E-state index is -0.158. The number of ketones is 1. The van der Waals surface area contributed by atoms with E-state index in [9.17, 15) is 4.79 Å². The number of benzene rings is 1. The molecule has 1 aromatic rings. The molecular weight excluding hydrogens is 200 g/mol. The average Bonchev–Trinajstić information content (AvgIpc) is 2.62. The van der Waals surface area contributed by atoms with Gasteiger partial charge in [-0.3, -0.25) is 4.79 Å². The number of methoxy groups -OCH3 is 1. The molecule has 1 aromatic carbocycles. The zero-order valence-corrected chi connectivity index (χ0v) is 10.2. The van der Waals surface area contributed by atoms with Crippen molar-refractivity contribution in [1.29, 1.82) is 0 Å². The Balaban J connectivity index is 2.46. The molecule has 2 nitrogen and oxygen atoms in total. The molecule has 2 heteroatoms. The van der Waals surface area contributed by atoms with E-state index < -0.39 is 0 Å². The normalized spacial score (nSPS) is 17.3. The van der Waals surface area contributed by atoms with Crippen LogP contribution in [0.1, 0.15) is 42.6 Å². The van der Waals surface area contributed by atoms with Gasteiger partial charge in [-0.2, -0.15) is 0 Å². The summed E-state index contributed by atoms with van der Waals surface area (Å²) < 4.78 is 5.17. The van der Waals surface area contributed by atoms with Crippen molar-refractivity contribution in [3.8, 4) is 5.75 Å². The molecule has 86 valence electrons. The highest BCUT2D eigenvalue weighted by Gasteiger charge is 2.42. The number of fused-ring (bicyclic) bond motifs is 1. The van der Waals surface area contributed by atoms with Crippen molar-refractivity contribution in [2.75, 3.05) is 7.11 Å². The molecule has 0 bridgehead atoms. The second-order valence-corrected chi connectivity index (χ2v) is 4.52. The fourth-order valence-corrected chi connectivity index (χ4v) is 2.60. The number of carbonyl (C=O) groups excluding carboxylic acids is 1. The first kappa shape index (κ1) is 11.2. The van der Waals surface area contributed by atoms with Gasteiger partial charge >= 0.3 is 0 Å². The molecule has 0 aromatic heterocycles. The number of Topliss-reactive ketones (excluding diaryl/α,β-unsaturated/α-hetero) is 1. The lowest BCUT2D eigenvalue weighted by Crippen LogP contribution is -2.26. The molecule has 0 amide bonds. The summed E-state index contributed by atoms with van der Waals surface area (Å²) in [6, 6.07) is 5.84. The lowest BCUT2D eigenvalue weighted by atomic mass is 9.79. The molecule has 0 N–H and O–H groups in total. The first-order valence-electron chi connectivity index (χ1n) is 5.88. The Hall–Kier alpha value is -1.31. The number of hydrogen-bond acceptors (Lipinski definition) is 2. The number of rotatable bonds is 3. The van der Waals surface area contributed by atoms with E-state index in [1.807, 2.05) is 18.2 Å². The summed E-state index contributed by atoms with van der Waals surface area (Å²) in [5.41, 5.74) is 1.88. The van der Waals surface area contributed by atoms with E-state index in [4.69, 9.17) is 4.74 Å². The van der Waals surface area contributed by atoms with Crippen LogP contribution in [0.4, 0.5) is 0 Å². The fraction of sp³-hybridized carbons (Fsp3) is 0.500. The lowest BCUT2D eigenvalue weighted by molar-refractivity contribution is 0.0805. The van der Waals surface area contributed by atoms with E-state index in [1.54, 1.807) is 7.11 Å². The Morgan fingerprint density at radius 2 is 2.00 bits per heavy atom. The Bertz CT molecular complexity index is 417. The van der Waals surface area contributed by atoms with Gasteiger partial charge in [0.25, 0.3) is 0 Å². The topological polar surface area (TPSA) is 26.3 Å². The van der Waals surface area contributed by atoms with Crippen LogP contribution >= 0.6 is 0 Å². The van der Waals surface area contributed by atoms with Crippen LogP contribution in [0.15, 0.2) is 18.2 Å². The Kier molecular flexibility index (Phi) is 2.75. The maximum atomic E-state index is 12.4. The van der Waals surface area contributed by atoms with Crippen LogP contribution in [0.2, 0.25) is 0 Å². The maximum Gasteiger partial charge on any atom is 0.169 e. The number of hydrogen-bond donors (Lipinski definition) is 0. The predicted octanol–water partition coefficient (Wildman–Crippen LogP) is 3.24. The van der Waals surface area contributed by atoms with Crippen LogP contribution in [0, 0.1) is 5.41 Å². The van der Waals surface area contributed by atoms with Gasteiger partial charge in [-0.15, -0.1) is 0 Å². The lowest BCUT2D eigenvalue weighted by Gasteiger charge is -2.23. The average molecular weight is 218 g/mol. The summed E-state index contributed by atoms with van der Waals surface area (Å²) in [4.78, 5) is 12.4. The van der Waals surface area contributed by atoms with Gasteiger partial charge in [0.1, 0.15) is 5.75 Å². The maximum absolute atomic E-state index is 12.4. The van der Waals surface area contributed by atoms with Gasteiger partial charge in [0.15, 0.2) is 5.78 Å². The molecule has 0 unspecified atom stereocenters. The molecule has 0 saturated carbocycles. The monoisotopic (exact) mass is 218 g/mol. The van der Waals surface area contributed by atoms with Crippen LogP contribution in [-0.2, 0) is 6.42 Å². The standard InChI is InChI=1S/C14H18O2/c1-4-14(5-2)9-10-6-7-11(16-3)8-12(10)13(14)15/h6-8H,4-5,9H2,1-3H3. The van der Waals surface area contributed by atoms with Crippen molar-refractivity contribution >= 4 is 5.78 Å². The van der Waals surface area contributed by atoms with Gasteiger partial charge in [0.2, 0.25) is 0 Å². The molecule has 0 fully saturated rings. The van der Waals surface area contributed by atoms with E-state index in [0.29, 0.717) is 5.78 Å². The second kappa shape index (κ2) is 3.93. The highest BCUT2D eigenvalue weighted by molar-refractivity contribution is 6.05. The zero-order valence-electron chi connectivity index (χ0n) is 10.2. The summed E-state index contributed by atoms with van der Waals surface area (Å²) in [7, 11) is 1.63. The molecule has 0 spiro atoms. The van der Waals surface area contributed by atoms with Crippen molar-refractivity contribution in [2.45, 2.75) is 33.1 Å². The molecule has 1 aliphatic carbocycles. The first-order valence-corrected chi connectivity index (χ1v) is 5.88. The molecule has 16 heavy (non-hydrogen) atoms. The minimum Gasteiger partial charge on any atom is -0.497 e. The van der Waals surface area contributed by atoms with E-state index in [1.165, 1.54) is 5.56 Å². The third-order valence-electron chi connectivity index (χ3n) is 3.93. The van der Waals surface area contributed by atoms with Crippen molar-refractivity contribution in [2.24, 2.45) is 5.41 Å². The van der Waals surface area contributed by atoms with Gasteiger partial charge in [0.05, 0.1) is 7.11 Å². The summed E-state index contributed by atoms with van der Waals surface area (Å²) in [5, 5.41) is 0. The first-order chi connectivity index (χ1) is 7.66. The molecule has 0 radical (unpaired) electrons. The summed E-state index contributed by atoms with van der Waals surface area (Å²) in [5.74, 6) is 1.07. The van der Waals surface area contributed by atoms with Crippen LogP contribution in [0.25, 0.3) is 0 Å². The molecule has 2 rings (SSSR count). The van der Waals surface area contributed by atoms with Crippen LogP contribution in [0.3, 0.4) is 0 Å². The number of ether oxygens (including phenoxy) is 1. The van der Waals surface area contributed by atoms with Crippen LogP contribution in [-0.4, -0.2) is 12.9 Å². The van der Waals surface area contributed by atoms with Crippen molar-refractivity contribution in [3.63, 3.8) is 0 Å². The highest BCUT2D eigenvalue weighted by Crippen LogP contribution is 2.42. The molecular formula is C14H18O2. The van der Waals surface area contributed by atoms with Gasteiger partial charge in [0, 0.05) is 11.0 Å². The third kappa shape index (κ3) is 1.44. The second-order valence-electron chi connectivity index (χ2n) is 4.52. The van der Waals surface area contributed by atoms with Gasteiger partial charge in [-0.1, -0.05) is 19.9 Å². The van der Waals surface area contributed by atoms with E-state index in [2.05, 4.69) is 13.8 Å². The van der Waals surface area contributed by atoms with Crippen molar-refractivity contribution in [1.82, 2.24) is 0 Å². The predicted molar refractivity (Wildman–Crippen MR) is 64.0 cm³/mol. The fourth-order valence-electron chi connectivity index (χ4n) is 2.60. The highest BCUT2D eigenvalue weighted by atomic mass is 16.5. The molecule has 0 saturated heterocycles. The van der Waals surface area contributed by atoms with Gasteiger partial charge < -0.3 is 4.74 Å². The van der Waals surface area contributed by atoms with Crippen molar-refractivity contribution in [3.05, 3.63) is 29.3 Å². The Labute approximate surface area is 96.6 Å². The van der Waals surface area contributed by atoms with Gasteiger partial charge in [-0.25, -0.2) is 0 Å². The van der Waals surface area contributed by atoms with Crippen LogP contribution < -0.4 is 4.74 Å². The van der Waals surface area contributed by atoms with Crippen molar-refractivity contribution < 1.29 is 9.53 Å². The van der Waals surface area contributed by atoms with Crippen LogP contribution in [0.5, 0.6) is 5.75 Å². The molecule has 0 atom stereocenters. The zero-order chi connectivity index (χ0) is 11.8. The molecule has 0 heterocycles. The van der Waals surface area contributed by atoms with E-state index >= 15 is 0 Å². The SMILES string of the molecule is CCC1(CC)Cc2ccc(OC)cc2C1=O. The molecule has 0 aliphatic heterocycles. The van der Waals surface area contributed by atoms with Gasteiger partial charge in [-0.05, 0) is 37.0 Å². The summed E-state index contributed by atoms with van der Waals surface area (Å²) in [6.07, 6.45) is 2.72. The largest absolute Gasteiger partial charge is 0.497 e. The Morgan fingerprint density at radius 3 is 2.56 bits per heavy atom. The smallest absolute Gasteiger partial charge is 0.169 e. The number of carbonyl (C=O) groups is 1. The quantitative estimate of drug-likeness (QED) is 0.778. The van der Waals surface area contributed by atoms with E-state index in [-0.39, 0.29) is 5.41 Å². The molecule has 1 aliphatic rings. The minimum absolute atomic E-state index is 0.158. The van der Waals surface area contributed by atoms with E-state index in [0.717, 1.165) is 30.6 Å². The third-order valence-corrected chi connectivity index (χ3v) is 3.93. The summed E-state index contributed by atoms with van der Waals surface area (Å²) >= 11 is 0.